The molecule has 1 aromatic heterocycles. The fraction of sp³-hybridized carbons (Fsp3) is 0.571. The molecule has 0 saturated carbocycles. The van der Waals surface area contributed by atoms with Gasteiger partial charge in [-0.25, -0.2) is 18.4 Å². The number of hydrogen-bond acceptors (Lipinski definition) is 8. The van der Waals surface area contributed by atoms with E-state index in [1.807, 2.05) is 24.0 Å². The molecule has 0 atom stereocenters. The molecule has 1 aromatic carbocycles. The number of anilines is 1. The number of aromatic nitrogens is 2. The Bertz CT molecular complexity index is 1330. The lowest BCUT2D eigenvalue weighted by Gasteiger charge is -2.49. The minimum Gasteiger partial charge on any atom is -0.396 e. The first-order valence-electron chi connectivity index (χ1n) is 13.7. The first-order valence-corrected chi connectivity index (χ1v) is 16.4. The maximum Gasteiger partial charge on any atom is 0.257 e. The molecule has 2 aliphatic heterocycles. The van der Waals surface area contributed by atoms with Crippen molar-refractivity contribution in [1.29, 1.82) is 0 Å². The van der Waals surface area contributed by atoms with Crippen LogP contribution in [0.5, 0.6) is 0 Å². The van der Waals surface area contributed by atoms with Crippen molar-refractivity contribution < 1.29 is 18.0 Å². The maximum atomic E-state index is 13.5. The number of carbonyl (C=O) groups excluding carboxylic acids is 1. The molecule has 2 aliphatic rings. The summed E-state index contributed by atoms with van der Waals surface area (Å²) in [7, 11) is -3.51. The number of carbonyl (C=O) groups is 1. The fourth-order valence-electron chi connectivity index (χ4n) is 5.71. The molecule has 10 nitrogen and oxygen atoms in total. The summed E-state index contributed by atoms with van der Waals surface area (Å²) in [5.41, 5.74) is 3.51. The Hall–Kier alpha value is -2.57. The second kappa shape index (κ2) is 12.5. The lowest BCUT2D eigenvalue weighted by molar-refractivity contribution is 0.0161. The number of amides is 1. The number of nitrogens with one attached hydrogen (secondary N) is 1. The first kappa shape index (κ1) is 30.4. The third-order valence-electron chi connectivity index (χ3n) is 7.97. The van der Waals surface area contributed by atoms with Gasteiger partial charge in [0.15, 0.2) is 0 Å². The minimum atomic E-state index is -3.51. The first-order chi connectivity index (χ1) is 18.9. The number of sulfonamides is 1. The summed E-state index contributed by atoms with van der Waals surface area (Å²) >= 11 is 3.52. The zero-order valence-electron chi connectivity index (χ0n) is 23.9. The number of hydrogen-bond donors (Lipinski definition) is 1. The molecule has 4 rings (SSSR count). The fourth-order valence-corrected chi connectivity index (χ4v) is 6.40. The van der Waals surface area contributed by atoms with Gasteiger partial charge in [0.1, 0.15) is 6.61 Å². The lowest BCUT2D eigenvalue weighted by atomic mass is 9.82. The van der Waals surface area contributed by atoms with Gasteiger partial charge in [-0.2, -0.15) is 0 Å². The van der Waals surface area contributed by atoms with Crippen LogP contribution in [0.2, 0.25) is 0 Å². The Morgan fingerprint density at radius 3 is 2.20 bits per heavy atom. The van der Waals surface area contributed by atoms with E-state index in [-0.39, 0.29) is 17.4 Å². The van der Waals surface area contributed by atoms with E-state index in [1.165, 1.54) is 0 Å². The van der Waals surface area contributed by atoms with Crippen LogP contribution in [0, 0.1) is 19.8 Å². The predicted octanol–water partition coefficient (Wildman–Crippen LogP) is 4.37. The highest BCUT2D eigenvalue weighted by molar-refractivity contribution is 9.10. The average molecular weight is 636 g/mol. The Balaban J connectivity index is 1.38. The molecule has 0 bridgehead atoms. The van der Waals surface area contributed by atoms with Crippen LogP contribution >= 0.6 is 15.9 Å². The molecular weight excluding hydrogens is 596 g/mol. The van der Waals surface area contributed by atoms with Gasteiger partial charge in [0, 0.05) is 29.0 Å². The minimum absolute atomic E-state index is 0.0143. The summed E-state index contributed by atoms with van der Waals surface area (Å²) in [5, 5.41) is 4.51. The van der Waals surface area contributed by atoms with Gasteiger partial charge in [-0.3, -0.25) is 14.4 Å². The molecule has 0 spiro atoms. The normalized spacial score (nSPS) is 18.9. The van der Waals surface area contributed by atoms with E-state index >= 15 is 0 Å². The number of piperidine rings is 2. The van der Waals surface area contributed by atoms with Crippen LogP contribution in [0.15, 0.2) is 33.9 Å². The zero-order chi connectivity index (χ0) is 29.1. The van der Waals surface area contributed by atoms with Crippen LogP contribution in [0.25, 0.3) is 0 Å². The molecule has 0 aliphatic carbocycles. The third-order valence-corrected chi connectivity index (χ3v) is 9.05. The smallest absolute Gasteiger partial charge is 0.257 e. The maximum absolute atomic E-state index is 13.5. The largest absolute Gasteiger partial charge is 0.396 e. The van der Waals surface area contributed by atoms with Crippen LogP contribution in [0.3, 0.4) is 0 Å². The molecule has 0 unspecified atom stereocenters. The number of rotatable bonds is 8. The average Bonchev–Trinajstić information content (AvgIpc) is 2.89. The Kier molecular flexibility index (Phi) is 9.51. The van der Waals surface area contributed by atoms with Crippen LogP contribution < -0.4 is 4.72 Å². The van der Waals surface area contributed by atoms with Crippen molar-refractivity contribution in [1.82, 2.24) is 19.8 Å². The number of aryl methyl sites for hydroxylation is 2. The second-order valence-corrected chi connectivity index (χ2v) is 13.6. The quantitative estimate of drug-likeness (QED) is 0.338. The van der Waals surface area contributed by atoms with Crippen molar-refractivity contribution in [3.63, 3.8) is 0 Å². The number of nitrogens with zero attached hydrogens (tertiary/aromatic N) is 5. The van der Waals surface area contributed by atoms with Gasteiger partial charge < -0.3 is 9.74 Å². The van der Waals surface area contributed by atoms with E-state index in [4.69, 9.17) is 4.84 Å². The SMILES string of the molecule is CCO/N=C(\c1ccc(Br)cc1)C1CCN(C2(C)CCN(C(=O)c3c(C)nc(NS(C)(=O)=O)nc3C)CC2)CC1. The molecule has 3 heterocycles. The van der Waals surface area contributed by atoms with Crippen molar-refractivity contribution in [2.75, 3.05) is 43.8 Å². The summed E-state index contributed by atoms with van der Waals surface area (Å²) in [6.45, 7) is 11.5. The van der Waals surface area contributed by atoms with Gasteiger partial charge in [-0.15, -0.1) is 0 Å². The standard InChI is InChI=1S/C28H39BrN6O4S/c1-6-39-32-25(21-7-9-23(29)10-8-21)22-11-15-35(16-12-22)28(4)13-17-34(18-14-28)26(36)24-19(2)30-27(31-20(24)3)33-40(5,37)38/h7-10,22H,6,11-18H2,1-5H3,(H,30,31,33)/b32-25+. The summed E-state index contributed by atoms with van der Waals surface area (Å²) in [4.78, 5) is 31.9. The van der Waals surface area contributed by atoms with E-state index in [9.17, 15) is 13.2 Å². The Labute approximate surface area is 245 Å². The van der Waals surface area contributed by atoms with Gasteiger partial charge in [0.05, 0.1) is 28.9 Å². The second-order valence-electron chi connectivity index (χ2n) is 10.9. The molecule has 2 saturated heterocycles. The van der Waals surface area contributed by atoms with Gasteiger partial charge in [-0.05, 0) is 84.2 Å². The summed E-state index contributed by atoms with van der Waals surface area (Å²) in [5.74, 6) is 0.214. The molecule has 1 amide bonds. The van der Waals surface area contributed by atoms with Crippen LogP contribution in [0.1, 0.15) is 66.8 Å². The van der Waals surface area contributed by atoms with Crippen LogP contribution in [-0.2, 0) is 14.9 Å². The van der Waals surface area contributed by atoms with Crippen LogP contribution in [0.4, 0.5) is 5.95 Å². The van der Waals surface area contributed by atoms with Crippen LogP contribution in [-0.4, -0.2) is 84.4 Å². The third kappa shape index (κ3) is 7.19. The zero-order valence-corrected chi connectivity index (χ0v) is 26.3. The van der Waals surface area contributed by atoms with Crippen molar-refractivity contribution in [2.45, 2.75) is 58.9 Å². The van der Waals surface area contributed by atoms with Gasteiger partial charge >= 0.3 is 0 Å². The molecule has 218 valence electrons. The van der Waals surface area contributed by atoms with Crippen molar-refractivity contribution in [2.24, 2.45) is 11.1 Å². The molecular formula is C28H39BrN6O4S. The number of likely N-dealkylation sites (tertiary alicyclic amines) is 2. The molecule has 2 fully saturated rings. The van der Waals surface area contributed by atoms with Crippen molar-refractivity contribution in [3.8, 4) is 0 Å². The Morgan fingerprint density at radius 2 is 1.68 bits per heavy atom. The van der Waals surface area contributed by atoms with E-state index in [0.29, 0.717) is 42.6 Å². The number of halogens is 1. The number of benzene rings is 1. The predicted molar refractivity (Wildman–Crippen MR) is 160 cm³/mol. The topological polar surface area (TPSA) is 117 Å². The van der Waals surface area contributed by atoms with Crippen molar-refractivity contribution >= 4 is 43.5 Å². The molecule has 0 radical (unpaired) electrons. The summed E-state index contributed by atoms with van der Waals surface area (Å²) < 4.78 is 26.5. The van der Waals surface area contributed by atoms with E-state index in [2.05, 4.69) is 59.7 Å². The monoisotopic (exact) mass is 634 g/mol. The summed E-state index contributed by atoms with van der Waals surface area (Å²) in [6.07, 6.45) is 4.81. The lowest BCUT2D eigenvalue weighted by Crippen LogP contribution is -2.56. The van der Waals surface area contributed by atoms with Gasteiger partial charge in [-0.1, -0.05) is 33.2 Å². The van der Waals surface area contributed by atoms with Gasteiger partial charge in [0.25, 0.3) is 5.91 Å². The van der Waals surface area contributed by atoms with Gasteiger partial charge in [0.2, 0.25) is 16.0 Å². The number of oxime groups is 1. The molecule has 12 heteroatoms. The van der Waals surface area contributed by atoms with Crippen molar-refractivity contribution in [3.05, 3.63) is 51.3 Å². The molecule has 40 heavy (non-hydrogen) atoms. The van der Waals surface area contributed by atoms with E-state index in [0.717, 1.165) is 60.8 Å². The molecule has 1 N–H and O–H groups in total. The molecule has 2 aromatic rings. The highest BCUT2D eigenvalue weighted by Gasteiger charge is 2.40. The van der Waals surface area contributed by atoms with E-state index < -0.39 is 10.0 Å². The Morgan fingerprint density at radius 1 is 1.10 bits per heavy atom. The summed E-state index contributed by atoms with van der Waals surface area (Å²) in [6, 6.07) is 8.26. The van der Waals surface area contributed by atoms with E-state index in [1.54, 1.807) is 13.8 Å². The highest BCUT2D eigenvalue weighted by Crippen LogP contribution is 2.34. The highest BCUT2D eigenvalue weighted by atomic mass is 79.9.